The maximum atomic E-state index is 12.2. The van der Waals surface area contributed by atoms with Crippen molar-refractivity contribution in [2.24, 2.45) is 0 Å². The summed E-state index contributed by atoms with van der Waals surface area (Å²) in [5, 5.41) is 1.12. The maximum absolute atomic E-state index is 12.2. The van der Waals surface area contributed by atoms with Gasteiger partial charge in [-0.2, -0.15) is 0 Å². The SMILES string of the molecule is O=c1oc2c(c3c1CCCC3)c(=O)oc1ccccc12. The zero-order valence-electron chi connectivity index (χ0n) is 10.8. The van der Waals surface area contributed by atoms with E-state index in [0.717, 1.165) is 24.8 Å². The molecule has 0 bridgehead atoms. The first kappa shape index (κ1) is 11.5. The summed E-state index contributed by atoms with van der Waals surface area (Å²) in [7, 11) is 0. The molecule has 100 valence electrons. The fourth-order valence-electron chi connectivity index (χ4n) is 3.05. The van der Waals surface area contributed by atoms with Gasteiger partial charge in [-0.1, -0.05) is 12.1 Å². The Kier molecular flexibility index (Phi) is 2.33. The van der Waals surface area contributed by atoms with Crippen LogP contribution in [0.15, 0.2) is 42.7 Å². The predicted octanol–water partition coefficient (Wildman–Crippen LogP) is 2.78. The zero-order chi connectivity index (χ0) is 13.7. The molecule has 3 aromatic rings. The smallest absolute Gasteiger partial charge is 0.347 e. The van der Waals surface area contributed by atoms with Crippen LogP contribution in [0.2, 0.25) is 0 Å². The molecule has 0 amide bonds. The predicted molar refractivity (Wildman–Crippen MR) is 75.2 cm³/mol. The topological polar surface area (TPSA) is 60.4 Å². The molecule has 20 heavy (non-hydrogen) atoms. The molecule has 0 N–H and O–H groups in total. The molecule has 4 rings (SSSR count). The summed E-state index contributed by atoms with van der Waals surface area (Å²) in [6.45, 7) is 0. The van der Waals surface area contributed by atoms with Crippen LogP contribution in [0.4, 0.5) is 0 Å². The number of aryl methyl sites for hydroxylation is 1. The summed E-state index contributed by atoms with van der Waals surface area (Å²) in [5.41, 5.74) is 1.54. The molecule has 1 aliphatic carbocycles. The third kappa shape index (κ3) is 1.48. The van der Waals surface area contributed by atoms with Crippen molar-refractivity contribution in [3.05, 3.63) is 56.2 Å². The van der Waals surface area contributed by atoms with Crippen molar-refractivity contribution >= 4 is 21.9 Å². The minimum absolute atomic E-state index is 0.317. The Balaban J connectivity index is 2.30. The molecular formula is C16H12O4. The van der Waals surface area contributed by atoms with E-state index in [4.69, 9.17) is 8.83 Å². The highest BCUT2D eigenvalue weighted by molar-refractivity contribution is 6.01. The maximum Gasteiger partial charge on any atom is 0.347 e. The first-order valence-electron chi connectivity index (χ1n) is 6.76. The Morgan fingerprint density at radius 1 is 0.850 bits per heavy atom. The van der Waals surface area contributed by atoms with Gasteiger partial charge in [-0.3, -0.25) is 0 Å². The van der Waals surface area contributed by atoms with Gasteiger partial charge >= 0.3 is 11.3 Å². The van der Waals surface area contributed by atoms with E-state index in [0.29, 0.717) is 33.9 Å². The van der Waals surface area contributed by atoms with E-state index in [1.807, 2.05) is 6.07 Å². The summed E-state index contributed by atoms with van der Waals surface area (Å²) in [6, 6.07) is 7.13. The monoisotopic (exact) mass is 268 g/mol. The van der Waals surface area contributed by atoms with Crippen molar-refractivity contribution in [3.8, 4) is 0 Å². The van der Waals surface area contributed by atoms with Gasteiger partial charge in [-0.15, -0.1) is 0 Å². The summed E-state index contributed by atoms with van der Waals surface area (Å²) in [5.74, 6) is 0. The molecule has 4 nitrogen and oxygen atoms in total. The van der Waals surface area contributed by atoms with E-state index in [-0.39, 0.29) is 5.63 Å². The largest absolute Gasteiger partial charge is 0.422 e. The molecule has 0 aliphatic heterocycles. The second-order valence-electron chi connectivity index (χ2n) is 5.14. The van der Waals surface area contributed by atoms with Crippen molar-refractivity contribution < 1.29 is 8.83 Å². The Bertz CT molecular complexity index is 946. The second-order valence-corrected chi connectivity index (χ2v) is 5.14. The van der Waals surface area contributed by atoms with Crippen LogP contribution in [-0.2, 0) is 12.8 Å². The van der Waals surface area contributed by atoms with E-state index in [2.05, 4.69) is 0 Å². The van der Waals surface area contributed by atoms with E-state index in [9.17, 15) is 9.59 Å². The van der Waals surface area contributed by atoms with Crippen molar-refractivity contribution in [2.75, 3.05) is 0 Å². The lowest BCUT2D eigenvalue weighted by Gasteiger charge is -2.15. The third-order valence-corrected chi connectivity index (χ3v) is 3.98. The number of fused-ring (bicyclic) bond motifs is 5. The van der Waals surface area contributed by atoms with Crippen molar-refractivity contribution in [1.82, 2.24) is 0 Å². The number of hydrogen-bond donors (Lipinski definition) is 0. The van der Waals surface area contributed by atoms with Gasteiger partial charge in [0.2, 0.25) is 0 Å². The molecule has 2 heterocycles. The molecule has 0 unspecified atom stereocenters. The Morgan fingerprint density at radius 3 is 2.45 bits per heavy atom. The normalized spacial score (nSPS) is 14.6. The van der Waals surface area contributed by atoms with Crippen molar-refractivity contribution in [3.63, 3.8) is 0 Å². The molecule has 0 spiro atoms. The fourth-order valence-corrected chi connectivity index (χ4v) is 3.05. The first-order chi connectivity index (χ1) is 9.75. The van der Waals surface area contributed by atoms with Gasteiger partial charge in [0.05, 0.1) is 5.39 Å². The number of hydrogen-bond acceptors (Lipinski definition) is 4. The fraction of sp³-hybridized carbons (Fsp3) is 0.250. The molecule has 0 atom stereocenters. The Morgan fingerprint density at radius 2 is 1.60 bits per heavy atom. The van der Waals surface area contributed by atoms with Crippen LogP contribution in [0.3, 0.4) is 0 Å². The van der Waals surface area contributed by atoms with Gasteiger partial charge in [0.1, 0.15) is 11.0 Å². The highest BCUT2D eigenvalue weighted by atomic mass is 16.4. The summed E-state index contributed by atoms with van der Waals surface area (Å²) < 4.78 is 10.8. The third-order valence-electron chi connectivity index (χ3n) is 3.98. The van der Waals surface area contributed by atoms with Gasteiger partial charge < -0.3 is 8.83 Å². The molecule has 0 fully saturated rings. The van der Waals surface area contributed by atoms with E-state index < -0.39 is 5.63 Å². The van der Waals surface area contributed by atoms with Gasteiger partial charge in [-0.25, -0.2) is 9.59 Å². The van der Waals surface area contributed by atoms with Crippen molar-refractivity contribution in [1.29, 1.82) is 0 Å². The summed E-state index contributed by atoms with van der Waals surface area (Å²) in [4.78, 5) is 24.4. The highest BCUT2D eigenvalue weighted by Crippen LogP contribution is 2.28. The van der Waals surface area contributed by atoms with Crippen LogP contribution in [0.25, 0.3) is 21.9 Å². The van der Waals surface area contributed by atoms with Crippen LogP contribution in [0, 0.1) is 0 Å². The van der Waals surface area contributed by atoms with Gasteiger partial charge in [0.25, 0.3) is 0 Å². The van der Waals surface area contributed by atoms with Gasteiger partial charge in [0, 0.05) is 5.56 Å². The first-order valence-corrected chi connectivity index (χ1v) is 6.76. The summed E-state index contributed by atoms with van der Waals surface area (Å²) >= 11 is 0. The lowest BCUT2D eigenvalue weighted by atomic mass is 9.91. The summed E-state index contributed by atoms with van der Waals surface area (Å²) in [6.07, 6.45) is 3.36. The highest BCUT2D eigenvalue weighted by Gasteiger charge is 2.22. The lowest BCUT2D eigenvalue weighted by molar-refractivity contribution is 0.522. The average molecular weight is 268 g/mol. The van der Waals surface area contributed by atoms with Gasteiger partial charge in [0.15, 0.2) is 5.58 Å². The average Bonchev–Trinajstić information content (AvgIpc) is 2.47. The molecule has 0 saturated carbocycles. The second kappa shape index (κ2) is 4.07. The quantitative estimate of drug-likeness (QED) is 0.464. The van der Waals surface area contributed by atoms with Crippen LogP contribution in [0.5, 0.6) is 0 Å². The molecular weight excluding hydrogens is 256 g/mol. The van der Waals surface area contributed by atoms with Crippen molar-refractivity contribution in [2.45, 2.75) is 25.7 Å². The molecule has 0 saturated heterocycles. The molecule has 1 aliphatic rings. The van der Waals surface area contributed by atoms with Crippen LogP contribution in [0.1, 0.15) is 24.0 Å². The Hall–Kier alpha value is -2.36. The molecule has 4 heteroatoms. The zero-order valence-corrected chi connectivity index (χ0v) is 10.8. The van der Waals surface area contributed by atoms with E-state index in [1.54, 1.807) is 18.2 Å². The van der Waals surface area contributed by atoms with Gasteiger partial charge in [-0.05, 0) is 43.4 Å². The molecule has 2 aromatic heterocycles. The van der Waals surface area contributed by atoms with Crippen LogP contribution in [-0.4, -0.2) is 0 Å². The van der Waals surface area contributed by atoms with Crippen LogP contribution < -0.4 is 11.3 Å². The Labute approximate surface area is 113 Å². The molecule has 1 aromatic carbocycles. The molecule has 0 radical (unpaired) electrons. The number of para-hydroxylation sites is 1. The number of benzene rings is 1. The van der Waals surface area contributed by atoms with E-state index in [1.165, 1.54) is 0 Å². The standard InChI is InChI=1S/C16H12O4/c17-15-10-6-2-1-5-9(10)13-14(20-15)11-7-3-4-8-12(11)19-16(13)18/h3-4,7-8H,1-2,5-6H2. The number of rotatable bonds is 0. The minimum Gasteiger partial charge on any atom is -0.422 e. The van der Waals surface area contributed by atoms with Crippen LogP contribution >= 0.6 is 0 Å². The van der Waals surface area contributed by atoms with E-state index >= 15 is 0 Å². The lowest BCUT2D eigenvalue weighted by Crippen LogP contribution is -2.18. The minimum atomic E-state index is -0.416.